The lowest BCUT2D eigenvalue weighted by Crippen LogP contribution is -2.11. The van der Waals surface area contributed by atoms with Crippen LogP contribution in [0.3, 0.4) is 0 Å². The summed E-state index contributed by atoms with van der Waals surface area (Å²) in [5.74, 6) is 1.22. The van der Waals surface area contributed by atoms with E-state index >= 15 is 0 Å². The van der Waals surface area contributed by atoms with Gasteiger partial charge in [-0.2, -0.15) is 0 Å². The molecule has 0 radical (unpaired) electrons. The summed E-state index contributed by atoms with van der Waals surface area (Å²) in [5.41, 5.74) is 2.58. The molecule has 0 heterocycles. The number of hydrogen-bond donors (Lipinski definition) is 0. The molecule has 0 saturated carbocycles. The largest absolute Gasteiger partial charge is 0.423 e. The Balaban J connectivity index is 1.62. The number of hydrogen-bond acceptors (Lipinski definition) is 4. The molecule has 0 aliphatic carbocycles. The average molecular weight is 505 g/mol. The van der Waals surface area contributed by atoms with Crippen molar-refractivity contribution >= 4 is 11.9 Å². The van der Waals surface area contributed by atoms with Gasteiger partial charge in [-0.05, 0) is 61.8 Å². The van der Waals surface area contributed by atoms with Crippen LogP contribution in [0.4, 0.5) is 0 Å². The van der Waals surface area contributed by atoms with Gasteiger partial charge in [-0.15, -0.1) is 0 Å². The maximum Gasteiger partial charge on any atom is 0.338 e. The third-order valence-corrected chi connectivity index (χ3v) is 6.78. The van der Waals surface area contributed by atoms with E-state index in [1.54, 1.807) is 0 Å². The van der Waals surface area contributed by atoms with Gasteiger partial charge in [-0.25, -0.2) is 9.59 Å². The van der Waals surface area contributed by atoms with Crippen molar-refractivity contribution in [3.05, 3.63) is 84.5 Å². The topological polar surface area (TPSA) is 52.6 Å². The number of unbranched alkanes of at least 4 members (excludes halogenated alkanes) is 4. The zero-order chi connectivity index (χ0) is 26.9. The molecule has 37 heavy (non-hydrogen) atoms. The zero-order valence-corrected chi connectivity index (χ0v) is 22.8. The number of carbonyl (C=O) groups excluding carboxylic acids is 2. The molecule has 1 atom stereocenters. The van der Waals surface area contributed by atoms with E-state index in [-0.39, 0.29) is 5.97 Å². The predicted molar refractivity (Wildman–Crippen MR) is 152 cm³/mol. The van der Waals surface area contributed by atoms with Crippen molar-refractivity contribution in [1.82, 2.24) is 0 Å². The van der Waals surface area contributed by atoms with Gasteiger partial charge in [-0.3, -0.25) is 0 Å². The molecule has 0 bridgehead atoms. The quantitative estimate of drug-likeness (QED) is 0.0881. The molecule has 0 aromatic heterocycles. The molecule has 0 fully saturated rings. The third-order valence-electron chi connectivity index (χ3n) is 6.78. The van der Waals surface area contributed by atoms with Gasteiger partial charge < -0.3 is 9.47 Å². The number of ether oxygens (including phenoxy) is 2. The molecule has 1 unspecified atom stereocenters. The molecule has 0 aliphatic rings. The van der Waals surface area contributed by atoms with Gasteiger partial charge in [0, 0.05) is 11.6 Å². The maximum absolute atomic E-state index is 12.4. The van der Waals surface area contributed by atoms with E-state index in [2.05, 4.69) is 20.1 Å². The minimum Gasteiger partial charge on any atom is -0.423 e. The number of rotatable bonds is 18. The number of esters is 2. The van der Waals surface area contributed by atoms with Gasteiger partial charge in [0.25, 0.3) is 0 Å². The summed E-state index contributed by atoms with van der Waals surface area (Å²) in [6, 6.07) is 15.3. The number of benzene rings is 2. The second-order valence-corrected chi connectivity index (χ2v) is 9.84. The van der Waals surface area contributed by atoms with Crippen LogP contribution in [-0.2, 0) is 16.0 Å². The summed E-state index contributed by atoms with van der Waals surface area (Å²) in [7, 11) is 0. The van der Waals surface area contributed by atoms with Crippen molar-refractivity contribution in [2.75, 3.05) is 0 Å². The fraction of sp³-hybridized carbons (Fsp3) is 0.455. The first kappa shape index (κ1) is 30.1. The number of aryl methyl sites for hydroxylation is 2. The molecule has 200 valence electrons. The van der Waals surface area contributed by atoms with Crippen molar-refractivity contribution in [3.63, 3.8) is 0 Å². The second-order valence-electron chi connectivity index (χ2n) is 9.84. The van der Waals surface area contributed by atoms with E-state index in [1.807, 2.05) is 55.5 Å². The Hall–Kier alpha value is -3.14. The fourth-order valence-corrected chi connectivity index (χ4v) is 4.63. The zero-order valence-electron chi connectivity index (χ0n) is 22.8. The Morgan fingerprint density at radius 2 is 1.49 bits per heavy atom. The van der Waals surface area contributed by atoms with E-state index in [9.17, 15) is 9.59 Å². The highest BCUT2D eigenvalue weighted by Crippen LogP contribution is 2.25. The monoisotopic (exact) mass is 504 g/mol. The van der Waals surface area contributed by atoms with E-state index in [0.717, 1.165) is 36.8 Å². The van der Waals surface area contributed by atoms with Gasteiger partial charge in [0.1, 0.15) is 11.5 Å². The summed E-state index contributed by atoms with van der Waals surface area (Å²) >= 11 is 0. The van der Waals surface area contributed by atoms with Gasteiger partial charge in [-0.1, -0.05) is 108 Å². The van der Waals surface area contributed by atoms with Crippen molar-refractivity contribution in [2.45, 2.75) is 90.9 Å². The van der Waals surface area contributed by atoms with Crippen LogP contribution in [0.2, 0.25) is 0 Å². The maximum atomic E-state index is 12.4. The van der Waals surface area contributed by atoms with Crippen LogP contribution in [0.1, 0.15) is 88.7 Å². The van der Waals surface area contributed by atoms with Crippen LogP contribution >= 0.6 is 0 Å². The fourth-order valence-electron chi connectivity index (χ4n) is 4.63. The van der Waals surface area contributed by atoms with Gasteiger partial charge in [0.05, 0.1) is 0 Å². The molecule has 0 amide bonds. The first-order valence-electron chi connectivity index (χ1n) is 13.8. The van der Waals surface area contributed by atoms with Crippen molar-refractivity contribution in [2.24, 2.45) is 5.92 Å². The smallest absolute Gasteiger partial charge is 0.338 e. The molecular weight excluding hydrogens is 460 g/mol. The molecule has 0 N–H and O–H groups in total. The summed E-state index contributed by atoms with van der Waals surface area (Å²) in [4.78, 5) is 23.9. The predicted octanol–water partition coefficient (Wildman–Crippen LogP) is 8.72. The summed E-state index contributed by atoms with van der Waals surface area (Å²) in [5, 5.41) is 0. The molecule has 2 aromatic rings. The lowest BCUT2D eigenvalue weighted by Gasteiger charge is -2.16. The van der Waals surface area contributed by atoms with E-state index in [1.165, 1.54) is 51.0 Å². The minimum atomic E-state index is -0.416. The normalized spacial score (nSPS) is 11.5. The lowest BCUT2D eigenvalue weighted by atomic mass is 9.90. The van der Waals surface area contributed by atoms with Gasteiger partial charge >= 0.3 is 11.9 Å². The molecule has 4 nitrogen and oxygen atoms in total. The standard InChI is InChI=1S/C33H44O4/c1-5-17-28(21-16-19-27(4)33(35)37-30-24-14-12-18-26(30)3)20-10-8-7-9-11-22-29-23-13-15-25-31(29)36-32(34)6-2/h6,12-15,18,23-25,28H,2,4-5,7-11,16-17,19-22H2,1,3H3. The molecule has 2 aromatic carbocycles. The first-order chi connectivity index (χ1) is 17.9. The Labute approximate surface area is 223 Å². The molecule has 4 heteroatoms. The van der Waals surface area contributed by atoms with Crippen LogP contribution in [0.5, 0.6) is 11.5 Å². The first-order valence-corrected chi connectivity index (χ1v) is 13.8. The van der Waals surface area contributed by atoms with Crippen molar-refractivity contribution < 1.29 is 19.1 Å². The summed E-state index contributed by atoms with van der Waals surface area (Å²) in [6.45, 7) is 11.6. The number of carbonyl (C=O) groups is 2. The molecule has 0 spiro atoms. The number of para-hydroxylation sites is 2. The van der Waals surface area contributed by atoms with Crippen LogP contribution in [0, 0.1) is 12.8 Å². The van der Waals surface area contributed by atoms with Crippen LogP contribution in [-0.4, -0.2) is 11.9 Å². The van der Waals surface area contributed by atoms with E-state index in [0.29, 0.717) is 29.4 Å². The van der Waals surface area contributed by atoms with Crippen LogP contribution in [0.15, 0.2) is 73.3 Å². The molecular formula is C33H44O4. The van der Waals surface area contributed by atoms with Crippen molar-refractivity contribution in [3.8, 4) is 11.5 Å². The Morgan fingerprint density at radius 1 is 0.838 bits per heavy atom. The highest BCUT2D eigenvalue weighted by molar-refractivity contribution is 5.89. The van der Waals surface area contributed by atoms with Crippen LogP contribution in [0.25, 0.3) is 0 Å². The van der Waals surface area contributed by atoms with E-state index in [4.69, 9.17) is 9.47 Å². The Kier molecular flexibility index (Phi) is 14.1. The molecule has 0 saturated heterocycles. The lowest BCUT2D eigenvalue weighted by molar-refractivity contribution is -0.130. The van der Waals surface area contributed by atoms with Crippen LogP contribution < -0.4 is 9.47 Å². The Morgan fingerprint density at radius 3 is 2.22 bits per heavy atom. The third kappa shape index (κ3) is 11.6. The van der Waals surface area contributed by atoms with Crippen molar-refractivity contribution in [1.29, 1.82) is 0 Å². The summed E-state index contributed by atoms with van der Waals surface area (Å²) in [6.07, 6.45) is 14.5. The molecule has 2 rings (SSSR count). The Bertz CT molecular complexity index is 1010. The van der Waals surface area contributed by atoms with E-state index < -0.39 is 5.97 Å². The highest BCUT2D eigenvalue weighted by Gasteiger charge is 2.13. The minimum absolute atomic E-state index is 0.317. The summed E-state index contributed by atoms with van der Waals surface area (Å²) < 4.78 is 10.9. The SMILES string of the molecule is C=CC(=O)Oc1ccccc1CCCCCCCC(CCC)CCCC(=C)C(=O)Oc1ccccc1C. The highest BCUT2D eigenvalue weighted by atomic mass is 16.5. The average Bonchev–Trinajstić information content (AvgIpc) is 2.90. The van der Waals surface area contributed by atoms with Gasteiger partial charge in [0.2, 0.25) is 0 Å². The second kappa shape index (κ2) is 17.3. The molecule has 0 aliphatic heterocycles. The van der Waals surface area contributed by atoms with Gasteiger partial charge in [0.15, 0.2) is 0 Å².